The fraction of sp³-hybridized carbons (Fsp3) is 0.273. The maximum absolute atomic E-state index is 12.6. The highest BCUT2D eigenvalue weighted by Crippen LogP contribution is 2.31. The van der Waals surface area contributed by atoms with Crippen molar-refractivity contribution in [3.05, 3.63) is 48.5 Å². The fourth-order valence-electron chi connectivity index (χ4n) is 2.86. The van der Waals surface area contributed by atoms with Crippen LogP contribution < -0.4 is 24.8 Å². The van der Waals surface area contributed by atoms with Crippen LogP contribution in [0.4, 0.5) is 30.6 Å². The predicted octanol–water partition coefficient (Wildman–Crippen LogP) is 5.62. The Hall–Kier alpha value is -3.69. The largest absolute Gasteiger partial charge is 0.573 e. The summed E-state index contributed by atoms with van der Waals surface area (Å²) in [4.78, 5) is 8.90. The molecule has 0 amide bonds. The Labute approximate surface area is 183 Å². The number of nitrogens with one attached hydrogen (secondary N) is 2. The number of halogens is 3. The van der Waals surface area contributed by atoms with Gasteiger partial charge in [0.25, 0.3) is 0 Å². The van der Waals surface area contributed by atoms with E-state index in [9.17, 15) is 13.2 Å². The minimum absolute atomic E-state index is 0.0370. The van der Waals surface area contributed by atoms with E-state index < -0.39 is 6.36 Å². The Morgan fingerprint density at radius 1 is 0.875 bits per heavy atom. The lowest BCUT2D eigenvalue weighted by Gasteiger charge is -2.15. The van der Waals surface area contributed by atoms with Crippen molar-refractivity contribution in [3.63, 3.8) is 0 Å². The molecule has 0 aliphatic rings. The molecule has 2 N–H and O–H groups in total. The van der Waals surface area contributed by atoms with Crippen LogP contribution in [0.25, 0.3) is 11.3 Å². The standard InChI is InChI=1S/C22H23F3N4O3/c1-13(2)26-21-28-19(14-6-5-7-16(8-14)32-22(23,24)25)12-20(29-21)27-15-9-17(30-3)11-18(10-15)31-4/h5-13H,1-4H3,(H2,26,27,28,29). The Bertz CT molecular complexity index is 1050. The van der Waals surface area contributed by atoms with Crippen LogP contribution in [-0.2, 0) is 0 Å². The summed E-state index contributed by atoms with van der Waals surface area (Å²) in [5, 5.41) is 6.28. The van der Waals surface area contributed by atoms with Gasteiger partial charge >= 0.3 is 6.36 Å². The van der Waals surface area contributed by atoms with E-state index in [1.807, 2.05) is 13.8 Å². The molecule has 10 heteroatoms. The molecule has 0 atom stereocenters. The van der Waals surface area contributed by atoms with Gasteiger partial charge in [0.2, 0.25) is 5.95 Å². The molecule has 32 heavy (non-hydrogen) atoms. The lowest BCUT2D eigenvalue weighted by atomic mass is 10.1. The number of benzene rings is 2. The van der Waals surface area contributed by atoms with E-state index in [-0.39, 0.29) is 11.8 Å². The van der Waals surface area contributed by atoms with Crippen molar-refractivity contribution < 1.29 is 27.4 Å². The molecule has 1 aromatic heterocycles. The summed E-state index contributed by atoms with van der Waals surface area (Å²) in [7, 11) is 3.09. The predicted molar refractivity (Wildman–Crippen MR) is 116 cm³/mol. The highest BCUT2D eigenvalue weighted by Gasteiger charge is 2.31. The van der Waals surface area contributed by atoms with E-state index >= 15 is 0 Å². The van der Waals surface area contributed by atoms with Crippen molar-refractivity contribution >= 4 is 17.5 Å². The number of hydrogen-bond acceptors (Lipinski definition) is 7. The number of nitrogens with zero attached hydrogens (tertiary/aromatic N) is 2. The smallest absolute Gasteiger partial charge is 0.497 e. The van der Waals surface area contributed by atoms with Crippen LogP contribution >= 0.6 is 0 Å². The molecular weight excluding hydrogens is 425 g/mol. The van der Waals surface area contributed by atoms with Gasteiger partial charge in [0.05, 0.1) is 19.9 Å². The molecule has 0 fully saturated rings. The molecule has 0 unspecified atom stereocenters. The molecule has 2 aromatic carbocycles. The molecule has 0 saturated heterocycles. The second-order valence-corrected chi connectivity index (χ2v) is 7.06. The first-order valence-electron chi connectivity index (χ1n) is 9.67. The average Bonchev–Trinajstić information content (AvgIpc) is 2.71. The van der Waals surface area contributed by atoms with Gasteiger partial charge < -0.3 is 24.8 Å². The van der Waals surface area contributed by atoms with Crippen LogP contribution in [0.1, 0.15) is 13.8 Å². The lowest BCUT2D eigenvalue weighted by molar-refractivity contribution is -0.274. The number of methoxy groups -OCH3 is 2. The van der Waals surface area contributed by atoms with Crippen molar-refractivity contribution in [2.24, 2.45) is 0 Å². The van der Waals surface area contributed by atoms with Crippen molar-refractivity contribution in [3.8, 4) is 28.5 Å². The molecule has 0 radical (unpaired) electrons. The van der Waals surface area contributed by atoms with Gasteiger partial charge in [0.1, 0.15) is 23.1 Å². The van der Waals surface area contributed by atoms with Gasteiger partial charge in [-0.15, -0.1) is 13.2 Å². The highest BCUT2D eigenvalue weighted by molar-refractivity contribution is 5.69. The van der Waals surface area contributed by atoms with E-state index in [4.69, 9.17) is 9.47 Å². The Morgan fingerprint density at radius 3 is 2.16 bits per heavy atom. The third-order valence-electron chi connectivity index (χ3n) is 4.13. The maximum atomic E-state index is 12.6. The summed E-state index contributed by atoms with van der Waals surface area (Å²) in [6.07, 6.45) is -4.78. The Morgan fingerprint density at radius 2 is 1.56 bits per heavy atom. The van der Waals surface area contributed by atoms with E-state index in [1.54, 1.807) is 44.6 Å². The SMILES string of the molecule is COc1cc(Nc2cc(-c3cccc(OC(F)(F)F)c3)nc(NC(C)C)n2)cc(OC)c1. The second-order valence-electron chi connectivity index (χ2n) is 7.06. The highest BCUT2D eigenvalue weighted by atomic mass is 19.4. The van der Waals surface area contributed by atoms with Crippen LogP contribution in [0.3, 0.4) is 0 Å². The number of ether oxygens (including phenoxy) is 3. The summed E-state index contributed by atoms with van der Waals surface area (Å²) in [6, 6.07) is 12.5. The molecule has 0 bridgehead atoms. The maximum Gasteiger partial charge on any atom is 0.573 e. The summed E-state index contributed by atoms with van der Waals surface area (Å²) >= 11 is 0. The zero-order chi connectivity index (χ0) is 23.3. The van der Waals surface area contributed by atoms with Gasteiger partial charge in [0.15, 0.2) is 0 Å². The summed E-state index contributed by atoms with van der Waals surface area (Å²) in [5.41, 5.74) is 1.50. The number of alkyl halides is 3. The number of rotatable bonds is 8. The molecule has 3 rings (SSSR count). The molecule has 0 aliphatic carbocycles. The Balaban J connectivity index is 2.00. The van der Waals surface area contributed by atoms with Crippen molar-refractivity contribution in [2.75, 3.05) is 24.9 Å². The van der Waals surface area contributed by atoms with E-state index in [0.717, 1.165) is 0 Å². The van der Waals surface area contributed by atoms with Gasteiger partial charge in [-0.3, -0.25) is 0 Å². The zero-order valence-electron chi connectivity index (χ0n) is 17.9. The number of aromatic nitrogens is 2. The first-order chi connectivity index (χ1) is 15.1. The van der Waals surface area contributed by atoms with E-state index in [0.29, 0.717) is 40.2 Å². The summed E-state index contributed by atoms with van der Waals surface area (Å²) < 4.78 is 52.5. The van der Waals surface area contributed by atoms with Crippen LogP contribution in [0.2, 0.25) is 0 Å². The quantitative estimate of drug-likeness (QED) is 0.463. The van der Waals surface area contributed by atoms with E-state index in [2.05, 4.69) is 25.3 Å². The lowest BCUT2D eigenvalue weighted by Crippen LogP contribution is -2.17. The topological polar surface area (TPSA) is 77.5 Å². The normalized spacial score (nSPS) is 11.2. The van der Waals surface area contributed by atoms with Gasteiger partial charge in [-0.1, -0.05) is 12.1 Å². The van der Waals surface area contributed by atoms with Crippen LogP contribution in [0, 0.1) is 0 Å². The van der Waals surface area contributed by atoms with Crippen molar-refractivity contribution in [2.45, 2.75) is 26.3 Å². The molecule has 3 aromatic rings. The molecule has 1 heterocycles. The molecule has 7 nitrogen and oxygen atoms in total. The zero-order valence-corrected chi connectivity index (χ0v) is 17.9. The number of hydrogen-bond donors (Lipinski definition) is 2. The molecule has 170 valence electrons. The van der Waals surface area contributed by atoms with Crippen molar-refractivity contribution in [1.82, 2.24) is 9.97 Å². The van der Waals surface area contributed by atoms with Crippen LogP contribution in [0.5, 0.6) is 17.2 Å². The summed E-state index contributed by atoms with van der Waals surface area (Å²) in [5.74, 6) is 1.57. The van der Waals surface area contributed by atoms with Gasteiger partial charge in [0, 0.05) is 41.6 Å². The van der Waals surface area contributed by atoms with E-state index in [1.165, 1.54) is 18.2 Å². The van der Waals surface area contributed by atoms with Crippen molar-refractivity contribution in [1.29, 1.82) is 0 Å². The number of anilines is 3. The fourth-order valence-corrected chi connectivity index (χ4v) is 2.86. The first-order valence-corrected chi connectivity index (χ1v) is 9.67. The van der Waals surface area contributed by atoms with Crippen LogP contribution in [-0.4, -0.2) is 36.6 Å². The second kappa shape index (κ2) is 9.63. The Kier molecular flexibility index (Phi) is 6.92. The van der Waals surface area contributed by atoms with Crippen LogP contribution in [0.15, 0.2) is 48.5 Å². The molecule has 0 spiro atoms. The minimum atomic E-state index is -4.78. The van der Waals surface area contributed by atoms with Gasteiger partial charge in [-0.2, -0.15) is 4.98 Å². The molecule has 0 saturated carbocycles. The third kappa shape index (κ3) is 6.40. The first kappa shape index (κ1) is 23.0. The minimum Gasteiger partial charge on any atom is -0.497 e. The van der Waals surface area contributed by atoms with Gasteiger partial charge in [-0.25, -0.2) is 4.98 Å². The average molecular weight is 448 g/mol. The molecular formula is C22H23F3N4O3. The molecule has 0 aliphatic heterocycles. The third-order valence-corrected chi connectivity index (χ3v) is 4.13. The summed E-state index contributed by atoms with van der Waals surface area (Å²) in [6.45, 7) is 3.85. The van der Waals surface area contributed by atoms with Gasteiger partial charge in [-0.05, 0) is 26.0 Å². The monoisotopic (exact) mass is 448 g/mol.